The molecule has 4 heavy (non-hydrogen) atoms. The van der Waals surface area contributed by atoms with E-state index in [-0.39, 0.29) is 24.2 Å². The molecule has 4 heteroatoms. The molecule has 0 aromatic heterocycles. The summed E-state index contributed by atoms with van der Waals surface area (Å²) >= 11 is 3.33. The van der Waals surface area contributed by atoms with Crippen LogP contribution in [0.1, 0.15) is 0 Å². The number of hydrogen-bond donors (Lipinski definition) is 1. The molecule has 0 aromatic rings. The summed E-state index contributed by atoms with van der Waals surface area (Å²) in [4.78, 5) is 0. The Hall–Kier alpha value is 0.573. The summed E-state index contributed by atoms with van der Waals surface area (Å²) in [5.74, 6) is 0. The van der Waals surface area contributed by atoms with Gasteiger partial charge in [0, 0.05) is 31.9 Å². The van der Waals surface area contributed by atoms with Crippen molar-refractivity contribution in [3.8, 4) is 0 Å². The molecule has 1 N–H and O–H groups in total. The second-order valence-electron chi connectivity index (χ2n) is 0. The van der Waals surface area contributed by atoms with Gasteiger partial charge < -0.3 is 0 Å². The Morgan fingerprint density at radius 2 is 1.25 bits per heavy atom. The molecule has 0 atom stereocenters. The van der Waals surface area contributed by atoms with Gasteiger partial charge in [0.1, 0.15) is 0 Å². The van der Waals surface area contributed by atoms with E-state index in [0.717, 1.165) is 0 Å². The van der Waals surface area contributed by atoms with Gasteiger partial charge in [-0.15, -0.1) is 0 Å². The van der Waals surface area contributed by atoms with Crippen LogP contribution in [0.5, 0.6) is 0 Å². The van der Waals surface area contributed by atoms with Crippen molar-refractivity contribution in [2.75, 3.05) is 0 Å². The molecule has 22 valence electrons. The molecular weight excluding hydrogens is 130 g/mol. The standard InChI is InChI=1S/FH.HNS.Zn/c;1-2;/h1H;1H;. The SMILES string of the molecule is F.N=S.[Zn]. The average molecular weight is 132 g/mol. The predicted octanol–water partition coefficient (Wildman–Crippen LogP) is 0.446. The van der Waals surface area contributed by atoms with E-state index < -0.39 is 0 Å². The van der Waals surface area contributed by atoms with Crippen LogP contribution in [-0.4, -0.2) is 0 Å². The van der Waals surface area contributed by atoms with Crippen molar-refractivity contribution >= 4 is 12.4 Å². The largest absolute Gasteiger partial charge is 0.269 e. The molecule has 0 aliphatic heterocycles. The third-order valence-electron chi connectivity index (χ3n) is 0. The maximum Gasteiger partial charge on any atom is 0.0324 e. The Labute approximate surface area is 41.9 Å². The summed E-state index contributed by atoms with van der Waals surface area (Å²) in [6, 6.07) is 0. The fraction of sp³-hybridized carbons (Fsp3) is 0. The first-order chi connectivity index (χ1) is 1.00. The van der Waals surface area contributed by atoms with E-state index in [0.29, 0.717) is 0 Å². The summed E-state index contributed by atoms with van der Waals surface area (Å²) in [6.07, 6.45) is 0. The minimum atomic E-state index is 0. The third-order valence-corrected chi connectivity index (χ3v) is 0. The Bertz CT molecular complexity index is 8.00. The second kappa shape index (κ2) is 72.0. The van der Waals surface area contributed by atoms with Gasteiger partial charge in [0.2, 0.25) is 0 Å². The van der Waals surface area contributed by atoms with Crippen LogP contribution in [0.2, 0.25) is 0 Å². The quantitative estimate of drug-likeness (QED) is 0.476. The molecule has 0 saturated heterocycles. The second-order valence-corrected chi connectivity index (χ2v) is 0. The fourth-order valence-corrected chi connectivity index (χ4v) is 0. The molecule has 1 nitrogen and oxygen atoms in total. The van der Waals surface area contributed by atoms with Crippen LogP contribution < -0.4 is 0 Å². The fourth-order valence-electron chi connectivity index (χ4n) is 0. The van der Waals surface area contributed by atoms with Crippen LogP contribution in [0, 0.1) is 4.78 Å². The zero-order chi connectivity index (χ0) is 2.00. The topological polar surface area (TPSA) is 23.9 Å². The Morgan fingerprint density at radius 3 is 1.25 bits per heavy atom. The Kier molecular flexibility index (Phi) is 424. The van der Waals surface area contributed by atoms with Crippen LogP contribution in [0.3, 0.4) is 0 Å². The van der Waals surface area contributed by atoms with Crippen LogP contribution in [0.4, 0.5) is 4.70 Å². The number of halogens is 1. The molecule has 0 aromatic carbocycles. The Morgan fingerprint density at radius 1 is 1.25 bits per heavy atom. The van der Waals surface area contributed by atoms with Gasteiger partial charge in [-0.3, -0.25) is 4.70 Å². The minimum absolute atomic E-state index is 0. The van der Waals surface area contributed by atoms with Crippen LogP contribution in [-0.2, 0) is 31.9 Å². The molecule has 0 fully saturated rings. The molecule has 0 saturated carbocycles. The minimum Gasteiger partial charge on any atom is -0.269 e. The Balaban J connectivity index is -0.00000000500. The average Bonchev–Trinajstić information content (AvgIpc) is 1.00. The molecule has 0 bridgehead atoms. The molecule has 0 unspecified atom stereocenters. The van der Waals surface area contributed by atoms with Crippen molar-refractivity contribution in [3.05, 3.63) is 0 Å². The summed E-state index contributed by atoms with van der Waals surface area (Å²) < 4.78 is 5.33. The maximum absolute atomic E-state index is 5.33. The van der Waals surface area contributed by atoms with E-state index in [1.165, 1.54) is 0 Å². The van der Waals surface area contributed by atoms with Crippen LogP contribution in [0.25, 0.3) is 0 Å². The van der Waals surface area contributed by atoms with Gasteiger partial charge in [0.15, 0.2) is 0 Å². The monoisotopic (exact) mass is 131 g/mol. The first-order valence-corrected chi connectivity index (χ1v) is 0.612. The van der Waals surface area contributed by atoms with Gasteiger partial charge in [-0.2, -0.15) is 0 Å². The van der Waals surface area contributed by atoms with Gasteiger partial charge in [-0.25, -0.2) is 4.78 Å². The number of hydrogen-bond acceptors (Lipinski definition) is 2. The first-order valence-electron chi connectivity index (χ1n) is 0.204. The molecule has 0 heterocycles. The van der Waals surface area contributed by atoms with Gasteiger partial charge in [0.05, 0.1) is 0 Å². The van der Waals surface area contributed by atoms with Gasteiger partial charge in [-0.1, -0.05) is 0 Å². The molecule has 0 radical (unpaired) electrons. The summed E-state index contributed by atoms with van der Waals surface area (Å²) in [5, 5.41) is 0. The van der Waals surface area contributed by atoms with Gasteiger partial charge >= 0.3 is 0 Å². The normalized spacial score (nSPS) is 1.00. The van der Waals surface area contributed by atoms with Crippen molar-refractivity contribution < 1.29 is 24.2 Å². The van der Waals surface area contributed by atoms with Crippen molar-refractivity contribution in [1.29, 1.82) is 4.78 Å². The van der Waals surface area contributed by atoms with Gasteiger partial charge in [-0.05, 0) is 0 Å². The molecule has 0 aliphatic rings. The van der Waals surface area contributed by atoms with E-state index in [1.54, 1.807) is 0 Å². The molecule has 0 amide bonds. The van der Waals surface area contributed by atoms with Crippen molar-refractivity contribution in [2.24, 2.45) is 0 Å². The van der Waals surface area contributed by atoms with Crippen molar-refractivity contribution in [1.82, 2.24) is 0 Å². The maximum atomic E-state index is 5.33. The zero-order valence-electron chi connectivity index (χ0n) is 2.02. The van der Waals surface area contributed by atoms with E-state index >= 15 is 0 Å². The molecular formula is H2FNSZn. The van der Waals surface area contributed by atoms with E-state index in [9.17, 15) is 0 Å². The van der Waals surface area contributed by atoms with Crippen LogP contribution >= 0.6 is 0 Å². The van der Waals surface area contributed by atoms with E-state index in [2.05, 4.69) is 12.4 Å². The number of rotatable bonds is 0. The predicted molar refractivity (Wildman–Crippen MR) is 12.6 cm³/mol. The smallest absolute Gasteiger partial charge is 0.0324 e. The first kappa shape index (κ1) is 23.6. The summed E-state index contributed by atoms with van der Waals surface area (Å²) in [6.45, 7) is 0. The molecule has 0 spiro atoms. The van der Waals surface area contributed by atoms with Crippen molar-refractivity contribution in [3.63, 3.8) is 0 Å². The number of nitrogens with one attached hydrogen (secondary N) is 1. The zero-order valence-corrected chi connectivity index (χ0v) is 5.81. The van der Waals surface area contributed by atoms with Crippen molar-refractivity contribution in [2.45, 2.75) is 0 Å². The third kappa shape index (κ3) is 19.4. The summed E-state index contributed by atoms with van der Waals surface area (Å²) in [5.41, 5.74) is 0. The molecule has 0 rings (SSSR count). The summed E-state index contributed by atoms with van der Waals surface area (Å²) in [7, 11) is 0. The van der Waals surface area contributed by atoms with E-state index in [4.69, 9.17) is 4.78 Å². The van der Waals surface area contributed by atoms with Crippen LogP contribution in [0.15, 0.2) is 0 Å². The van der Waals surface area contributed by atoms with Gasteiger partial charge in [0.25, 0.3) is 0 Å². The van der Waals surface area contributed by atoms with E-state index in [1.807, 2.05) is 0 Å². The molecule has 0 aliphatic carbocycles.